The van der Waals surface area contributed by atoms with E-state index in [0.717, 1.165) is 5.76 Å². The van der Waals surface area contributed by atoms with E-state index in [1.165, 1.54) is 22.5 Å². The molecule has 1 saturated heterocycles. The number of aryl methyl sites for hydroxylation is 2. The molecule has 10 heteroatoms. The van der Waals surface area contributed by atoms with Crippen molar-refractivity contribution in [1.29, 1.82) is 0 Å². The third-order valence-electron chi connectivity index (χ3n) is 5.81. The van der Waals surface area contributed by atoms with Gasteiger partial charge >= 0.3 is 0 Å². The second-order valence-corrected chi connectivity index (χ2v) is 10.1. The summed E-state index contributed by atoms with van der Waals surface area (Å²) in [6, 6.07) is 9.79. The van der Waals surface area contributed by atoms with Crippen molar-refractivity contribution in [3.8, 4) is 0 Å². The van der Waals surface area contributed by atoms with Gasteiger partial charge in [0, 0.05) is 24.6 Å². The van der Waals surface area contributed by atoms with Crippen molar-refractivity contribution >= 4 is 28.1 Å². The Labute approximate surface area is 197 Å². The van der Waals surface area contributed by atoms with Gasteiger partial charge in [-0.15, -0.1) is 0 Å². The van der Waals surface area contributed by atoms with Crippen molar-refractivity contribution in [2.24, 2.45) is 5.92 Å². The molecule has 3 aromatic rings. The zero-order valence-corrected chi connectivity index (χ0v) is 19.8. The Morgan fingerprint density at radius 1 is 1.18 bits per heavy atom. The van der Waals surface area contributed by atoms with E-state index in [9.17, 15) is 17.6 Å². The lowest BCUT2D eigenvalue weighted by Gasteiger charge is -2.30. The first-order valence-electron chi connectivity index (χ1n) is 11.0. The van der Waals surface area contributed by atoms with E-state index in [-0.39, 0.29) is 41.3 Å². The van der Waals surface area contributed by atoms with Crippen LogP contribution in [0.3, 0.4) is 0 Å². The molecule has 4 rings (SSSR count). The molecule has 1 amide bonds. The quantitative estimate of drug-likeness (QED) is 0.542. The number of hydrogen-bond acceptors (Lipinski definition) is 6. The van der Waals surface area contributed by atoms with Crippen molar-refractivity contribution in [2.45, 2.75) is 38.1 Å². The molecule has 0 radical (unpaired) electrons. The van der Waals surface area contributed by atoms with E-state index in [1.54, 1.807) is 25.1 Å². The minimum atomic E-state index is -3.91. The summed E-state index contributed by atoms with van der Waals surface area (Å²) in [4.78, 5) is 12.5. The van der Waals surface area contributed by atoms with Crippen LogP contribution >= 0.6 is 0 Å². The van der Waals surface area contributed by atoms with Gasteiger partial charge in [0.2, 0.25) is 15.9 Å². The molecule has 3 heterocycles. The van der Waals surface area contributed by atoms with E-state index in [0.29, 0.717) is 30.7 Å². The van der Waals surface area contributed by atoms with Gasteiger partial charge in [-0.3, -0.25) is 4.79 Å². The number of rotatable bonds is 7. The summed E-state index contributed by atoms with van der Waals surface area (Å²) in [5.74, 6) is 0.642. The summed E-state index contributed by atoms with van der Waals surface area (Å²) >= 11 is 0. The highest BCUT2D eigenvalue weighted by atomic mass is 32.2. The molecule has 0 aliphatic carbocycles. The Hall–Kier alpha value is -3.24. The molecular formula is C24H26FN3O5S. The number of aromatic nitrogens is 1. The summed E-state index contributed by atoms with van der Waals surface area (Å²) in [6.45, 7) is 4.07. The zero-order chi connectivity index (χ0) is 24.3. The molecule has 1 aromatic carbocycles. The van der Waals surface area contributed by atoms with Crippen LogP contribution in [0.25, 0.3) is 12.2 Å². The maximum atomic E-state index is 13.9. The van der Waals surface area contributed by atoms with Gasteiger partial charge in [0.05, 0.1) is 6.54 Å². The van der Waals surface area contributed by atoms with Crippen molar-refractivity contribution in [3.05, 3.63) is 70.8 Å². The Morgan fingerprint density at radius 3 is 2.59 bits per heavy atom. The van der Waals surface area contributed by atoms with Gasteiger partial charge in [0.1, 0.15) is 23.0 Å². The van der Waals surface area contributed by atoms with Gasteiger partial charge in [-0.2, -0.15) is 4.31 Å². The Bertz CT molecular complexity index is 1300. The molecule has 0 unspecified atom stereocenters. The lowest BCUT2D eigenvalue weighted by Crippen LogP contribution is -2.43. The van der Waals surface area contributed by atoms with Crippen molar-refractivity contribution in [2.75, 3.05) is 13.1 Å². The lowest BCUT2D eigenvalue weighted by atomic mass is 9.97. The van der Waals surface area contributed by atoms with Crippen LogP contribution in [-0.4, -0.2) is 36.9 Å². The third kappa shape index (κ3) is 5.13. The first-order chi connectivity index (χ1) is 16.3. The van der Waals surface area contributed by atoms with E-state index < -0.39 is 15.8 Å². The number of carbonyl (C=O) groups is 1. The zero-order valence-electron chi connectivity index (χ0n) is 19.0. The third-order valence-corrected chi connectivity index (χ3v) is 7.87. The molecule has 0 atom stereocenters. The Balaban J connectivity index is 1.42. The first-order valence-corrected chi connectivity index (χ1v) is 12.4. The minimum Gasteiger partial charge on any atom is -0.465 e. The Kier molecular flexibility index (Phi) is 6.99. The molecule has 0 saturated carbocycles. The number of amides is 1. The number of nitrogens with zero attached hydrogens (tertiary/aromatic N) is 2. The topological polar surface area (TPSA) is 106 Å². The summed E-state index contributed by atoms with van der Waals surface area (Å²) in [6.07, 6.45) is 3.65. The number of nitrogens with one attached hydrogen (secondary N) is 1. The van der Waals surface area contributed by atoms with Crippen LogP contribution in [0.15, 0.2) is 50.2 Å². The smallest absolute Gasteiger partial charge is 0.248 e. The number of piperidine rings is 1. The van der Waals surface area contributed by atoms with Gasteiger partial charge in [-0.1, -0.05) is 23.4 Å². The number of carbonyl (C=O) groups excluding carboxylic acids is 1. The fourth-order valence-corrected chi connectivity index (χ4v) is 5.68. The van der Waals surface area contributed by atoms with Crippen LogP contribution in [-0.2, 0) is 21.4 Å². The van der Waals surface area contributed by atoms with Crippen LogP contribution in [0.4, 0.5) is 4.39 Å². The predicted octanol–water partition coefficient (Wildman–Crippen LogP) is 3.91. The molecule has 1 aliphatic rings. The van der Waals surface area contributed by atoms with E-state index in [2.05, 4.69) is 10.5 Å². The van der Waals surface area contributed by atoms with Crippen LogP contribution in [0, 0.1) is 25.6 Å². The maximum Gasteiger partial charge on any atom is 0.248 e. The maximum absolute atomic E-state index is 13.9. The number of sulfonamides is 1. The second kappa shape index (κ2) is 9.94. The van der Waals surface area contributed by atoms with Gasteiger partial charge in [-0.05, 0) is 57.0 Å². The SMILES string of the molecule is Cc1ccc(CNC(=O)C2CCN(S(=O)(=O)c3c(C)noc3/C=C/c3ccccc3F)CC2)o1. The van der Waals surface area contributed by atoms with Crippen molar-refractivity contribution < 1.29 is 26.5 Å². The number of furan rings is 1. The highest BCUT2D eigenvalue weighted by molar-refractivity contribution is 7.89. The lowest BCUT2D eigenvalue weighted by molar-refractivity contribution is -0.126. The number of halogens is 1. The van der Waals surface area contributed by atoms with Crippen molar-refractivity contribution in [3.63, 3.8) is 0 Å². The molecular weight excluding hydrogens is 461 g/mol. The summed E-state index contributed by atoms with van der Waals surface area (Å²) < 4.78 is 52.7. The minimum absolute atomic E-state index is 0.0364. The van der Waals surface area contributed by atoms with E-state index in [1.807, 2.05) is 19.1 Å². The van der Waals surface area contributed by atoms with Crippen LogP contribution < -0.4 is 5.32 Å². The Morgan fingerprint density at radius 2 is 1.91 bits per heavy atom. The largest absolute Gasteiger partial charge is 0.465 e. The molecule has 1 fully saturated rings. The van der Waals surface area contributed by atoms with Gasteiger partial charge in [-0.25, -0.2) is 12.8 Å². The van der Waals surface area contributed by atoms with Crippen LogP contribution in [0.2, 0.25) is 0 Å². The van der Waals surface area contributed by atoms with Gasteiger partial charge < -0.3 is 14.3 Å². The number of hydrogen-bond donors (Lipinski definition) is 1. The fourth-order valence-electron chi connectivity index (χ4n) is 3.96. The first kappa shape index (κ1) is 23.9. The average Bonchev–Trinajstić information content (AvgIpc) is 3.42. The second-order valence-electron chi connectivity index (χ2n) is 8.22. The fraction of sp³-hybridized carbons (Fsp3) is 0.333. The van der Waals surface area contributed by atoms with Gasteiger partial charge in [0.25, 0.3) is 0 Å². The molecule has 0 spiro atoms. The normalized spacial score (nSPS) is 15.7. The van der Waals surface area contributed by atoms with Crippen LogP contribution in [0.5, 0.6) is 0 Å². The molecule has 8 nitrogen and oxygen atoms in total. The monoisotopic (exact) mass is 487 g/mol. The van der Waals surface area contributed by atoms with Crippen LogP contribution in [0.1, 0.15) is 41.4 Å². The van der Waals surface area contributed by atoms with E-state index in [4.69, 9.17) is 8.94 Å². The molecule has 34 heavy (non-hydrogen) atoms. The molecule has 1 aliphatic heterocycles. The number of benzene rings is 1. The summed E-state index contributed by atoms with van der Waals surface area (Å²) in [7, 11) is -3.91. The molecule has 180 valence electrons. The highest BCUT2D eigenvalue weighted by Crippen LogP contribution is 2.29. The molecule has 1 N–H and O–H groups in total. The summed E-state index contributed by atoms with van der Waals surface area (Å²) in [5, 5.41) is 6.66. The van der Waals surface area contributed by atoms with E-state index >= 15 is 0 Å². The molecule has 0 bridgehead atoms. The van der Waals surface area contributed by atoms with Crippen molar-refractivity contribution in [1.82, 2.24) is 14.8 Å². The van der Waals surface area contributed by atoms with Gasteiger partial charge in [0.15, 0.2) is 10.7 Å². The molecule has 2 aromatic heterocycles. The summed E-state index contributed by atoms with van der Waals surface area (Å²) in [5.41, 5.74) is 0.526. The average molecular weight is 488 g/mol. The highest BCUT2D eigenvalue weighted by Gasteiger charge is 2.35. The predicted molar refractivity (Wildman–Crippen MR) is 123 cm³/mol. The standard InChI is InChI=1S/C24H26FN3O5S/c1-16-7-9-20(32-16)15-26-24(29)19-11-13-28(14-12-19)34(30,31)23-17(2)27-33-22(23)10-8-18-5-3-4-6-21(18)25/h3-10,19H,11-15H2,1-2H3,(H,26,29)/b10-8+.